The van der Waals surface area contributed by atoms with Crippen LogP contribution in [0.2, 0.25) is 0 Å². The summed E-state index contributed by atoms with van der Waals surface area (Å²) in [6.07, 6.45) is 8.93. The van der Waals surface area contributed by atoms with Crippen molar-refractivity contribution >= 4 is 30.7 Å². The Hall–Kier alpha value is -0.850. The van der Waals surface area contributed by atoms with Crippen molar-refractivity contribution in [2.45, 2.75) is 44.7 Å². The molecule has 2 fully saturated rings. The lowest BCUT2D eigenvalue weighted by Crippen LogP contribution is -2.51. The SMILES string of the molecule is Cl.Cl.O=C([C@H]1CCCCN1)N1CCCC(Cn2cncn2)C1. The molecule has 1 aromatic heterocycles. The molecule has 0 aliphatic carbocycles. The van der Waals surface area contributed by atoms with Crippen LogP contribution in [0.5, 0.6) is 0 Å². The zero-order chi connectivity index (χ0) is 13.8. The normalized spacial score (nSPS) is 25.0. The van der Waals surface area contributed by atoms with Crippen LogP contribution in [0.4, 0.5) is 0 Å². The van der Waals surface area contributed by atoms with Crippen LogP contribution in [0, 0.1) is 5.92 Å². The first kappa shape index (κ1) is 19.2. The highest BCUT2D eigenvalue weighted by molar-refractivity contribution is 5.85. The summed E-state index contributed by atoms with van der Waals surface area (Å²) in [5.74, 6) is 0.797. The molecular weight excluding hydrogens is 325 g/mol. The summed E-state index contributed by atoms with van der Waals surface area (Å²) >= 11 is 0. The van der Waals surface area contributed by atoms with Gasteiger partial charge in [0.2, 0.25) is 5.91 Å². The van der Waals surface area contributed by atoms with Crippen LogP contribution in [0.1, 0.15) is 32.1 Å². The van der Waals surface area contributed by atoms with Crippen LogP contribution in [-0.4, -0.2) is 51.2 Å². The topological polar surface area (TPSA) is 63.1 Å². The number of nitrogens with one attached hydrogen (secondary N) is 1. The van der Waals surface area contributed by atoms with Crippen LogP contribution >= 0.6 is 24.8 Å². The van der Waals surface area contributed by atoms with Crippen LogP contribution in [-0.2, 0) is 11.3 Å². The molecular formula is C14H25Cl2N5O. The second-order valence-corrected chi connectivity index (χ2v) is 5.91. The first-order valence-corrected chi connectivity index (χ1v) is 7.67. The summed E-state index contributed by atoms with van der Waals surface area (Å²) in [5, 5.41) is 7.52. The lowest BCUT2D eigenvalue weighted by Gasteiger charge is -2.36. The number of nitrogens with zero attached hydrogens (tertiary/aromatic N) is 4. The van der Waals surface area contributed by atoms with Gasteiger partial charge in [-0.05, 0) is 38.1 Å². The van der Waals surface area contributed by atoms with Gasteiger partial charge in [-0.1, -0.05) is 6.42 Å². The number of hydrogen-bond acceptors (Lipinski definition) is 4. The molecule has 126 valence electrons. The maximum Gasteiger partial charge on any atom is 0.239 e. The number of likely N-dealkylation sites (tertiary alicyclic amines) is 1. The van der Waals surface area contributed by atoms with Crippen molar-refractivity contribution in [3.05, 3.63) is 12.7 Å². The van der Waals surface area contributed by atoms with Crippen molar-refractivity contribution < 1.29 is 4.79 Å². The van der Waals surface area contributed by atoms with Gasteiger partial charge in [0.05, 0.1) is 6.04 Å². The molecule has 1 N–H and O–H groups in total. The second-order valence-electron chi connectivity index (χ2n) is 5.91. The van der Waals surface area contributed by atoms with Crippen molar-refractivity contribution in [2.75, 3.05) is 19.6 Å². The van der Waals surface area contributed by atoms with E-state index >= 15 is 0 Å². The van der Waals surface area contributed by atoms with Gasteiger partial charge in [-0.2, -0.15) is 5.10 Å². The van der Waals surface area contributed by atoms with Crippen LogP contribution in [0.15, 0.2) is 12.7 Å². The summed E-state index contributed by atoms with van der Waals surface area (Å²) in [5.41, 5.74) is 0. The van der Waals surface area contributed by atoms with Gasteiger partial charge in [-0.15, -0.1) is 24.8 Å². The average Bonchev–Trinajstić information content (AvgIpc) is 3.01. The van der Waals surface area contributed by atoms with E-state index in [2.05, 4.69) is 15.4 Å². The van der Waals surface area contributed by atoms with Gasteiger partial charge in [0, 0.05) is 19.6 Å². The maximum absolute atomic E-state index is 12.5. The van der Waals surface area contributed by atoms with Crippen LogP contribution < -0.4 is 5.32 Å². The van der Waals surface area contributed by atoms with Crippen molar-refractivity contribution in [1.29, 1.82) is 0 Å². The summed E-state index contributed by atoms with van der Waals surface area (Å²) in [7, 11) is 0. The summed E-state index contributed by atoms with van der Waals surface area (Å²) in [6, 6.07) is 0.0499. The number of hydrogen-bond donors (Lipinski definition) is 1. The molecule has 0 aromatic carbocycles. The first-order chi connectivity index (χ1) is 9.83. The lowest BCUT2D eigenvalue weighted by molar-refractivity contribution is -0.136. The molecule has 2 saturated heterocycles. The standard InChI is InChI=1S/C14H23N5O.2ClH/c20-14(13-5-1-2-6-16-13)18-7-3-4-12(8-18)9-19-11-15-10-17-19;;/h10-13,16H,1-9H2;2*1H/t12?,13-;;/m1../s1. The number of aromatic nitrogens is 3. The third-order valence-electron chi connectivity index (χ3n) is 4.35. The number of halogens is 2. The third-order valence-corrected chi connectivity index (χ3v) is 4.35. The highest BCUT2D eigenvalue weighted by Crippen LogP contribution is 2.20. The Bertz CT molecular complexity index is 436. The van der Waals surface area contributed by atoms with Crippen molar-refractivity contribution in [1.82, 2.24) is 25.0 Å². The number of carbonyl (C=O) groups is 1. The predicted octanol–water partition coefficient (Wildman–Crippen LogP) is 1.50. The second kappa shape index (κ2) is 9.33. The summed E-state index contributed by atoms with van der Waals surface area (Å²) in [6.45, 7) is 3.61. The molecule has 0 saturated carbocycles. The quantitative estimate of drug-likeness (QED) is 0.898. The molecule has 0 radical (unpaired) electrons. The van der Waals surface area contributed by atoms with Crippen molar-refractivity contribution in [3.63, 3.8) is 0 Å². The van der Waals surface area contributed by atoms with E-state index in [9.17, 15) is 4.79 Å². The molecule has 3 heterocycles. The predicted molar refractivity (Wildman–Crippen MR) is 89.5 cm³/mol. The van der Waals surface area contributed by atoms with E-state index in [0.717, 1.165) is 39.0 Å². The number of rotatable bonds is 3. The van der Waals surface area contributed by atoms with Crippen molar-refractivity contribution in [3.8, 4) is 0 Å². The highest BCUT2D eigenvalue weighted by atomic mass is 35.5. The fraction of sp³-hybridized carbons (Fsp3) is 0.786. The minimum atomic E-state index is 0. The lowest BCUT2D eigenvalue weighted by atomic mass is 9.96. The molecule has 1 amide bonds. The Morgan fingerprint density at radius 2 is 2.09 bits per heavy atom. The largest absolute Gasteiger partial charge is 0.341 e. The third kappa shape index (κ3) is 4.83. The zero-order valence-corrected chi connectivity index (χ0v) is 14.3. The zero-order valence-electron chi connectivity index (χ0n) is 12.7. The minimum absolute atomic E-state index is 0. The molecule has 2 aliphatic rings. The highest BCUT2D eigenvalue weighted by Gasteiger charge is 2.29. The fourth-order valence-electron chi connectivity index (χ4n) is 3.29. The Balaban J connectivity index is 0.00000121. The Morgan fingerprint density at radius 3 is 2.77 bits per heavy atom. The van der Waals surface area contributed by atoms with E-state index in [1.807, 2.05) is 9.58 Å². The molecule has 2 atom stereocenters. The van der Waals surface area contributed by atoms with Crippen LogP contribution in [0.25, 0.3) is 0 Å². The van der Waals surface area contributed by atoms with E-state index in [0.29, 0.717) is 11.8 Å². The van der Waals surface area contributed by atoms with Gasteiger partial charge in [-0.3, -0.25) is 9.48 Å². The molecule has 0 spiro atoms. The Kier molecular flexibility index (Phi) is 8.14. The number of carbonyl (C=O) groups excluding carboxylic acids is 1. The van der Waals surface area contributed by atoms with Gasteiger partial charge in [-0.25, -0.2) is 4.98 Å². The molecule has 8 heteroatoms. The Morgan fingerprint density at radius 1 is 1.23 bits per heavy atom. The molecule has 3 rings (SSSR count). The Labute approximate surface area is 143 Å². The molecule has 0 bridgehead atoms. The number of amides is 1. The van der Waals surface area contributed by atoms with Crippen LogP contribution in [0.3, 0.4) is 0 Å². The van der Waals surface area contributed by atoms with E-state index in [4.69, 9.17) is 0 Å². The van der Waals surface area contributed by atoms with Crippen molar-refractivity contribution in [2.24, 2.45) is 5.92 Å². The monoisotopic (exact) mass is 349 g/mol. The summed E-state index contributed by atoms with van der Waals surface area (Å²) in [4.78, 5) is 18.6. The fourth-order valence-corrected chi connectivity index (χ4v) is 3.29. The summed E-state index contributed by atoms with van der Waals surface area (Å²) < 4.78 is 1.87. The van der Waals surface area contributed by atoms with Gasteiger partial charge < -0.3 is 10.2 Å². The molecule has 2 aliphatic heterocycles. The first-order valence-electron chi connectivity index (χ1n) is 7.67. The van der Waals surface area contributed by atoms with Gasteiger partial charge in [0.25, 0.3) is 0 Å². The van der Waals surface area contributed by atoms with E-state index in [-0.39, 0.29) is 30.9 Å². The van der Waals surface area contributed by atoms with Gasteiger partial charge in [0.15, 0.2) is 0 Å². The molecule has 6 nitrogen and oxygen atoms in total. The molecule has 1 aromatic rings. The van der Waals surface area contributed by atoms with Gasteiger partial charge in [0.1, 0.15) is 12.7 Å². The van der Waals surface area contributed by atoms with E-state index < -0.39 is 0 Å². The molecule has 1 unspecified atom stereocenters. The van der Waals surface area contributed by atoms with Gasteiger partial charge >= 0.3 is 0 Å². The number of piperidine rings is 2. The van der Waals surface area contributed by atoms with E-state index in [1.165, 1.54) is 19.3 Å². The van der Waals surface area contributed by atoms with E-state index in [1.54, 1.807) is 12.7 Å². The average molecular weight is 350 g/mol. The smallest absolute Gasteiger partial charge is 0.239 e. The minimum Gasteiger partial charge on any atom is -0.341 e. The maximum atomic E-state index is 12.5. The molecule has 22 heavy (non-hydrogen) atoms.